The van der Waals surface area contributed by atoms with E-state index in [-0.39, 0.29) is 23.0 Å². The molecule has 4 heteroatoms. The third-order valence-electron chi connectivity index (χ3n) is 4.16. The fourth-order valence-electron chi connectivity index (χ4n) is 2.64. The van der Waals surface area contributed by atoms with Gasteiger partial charge in [0.1, 0.15) is 11.5 Å². The van der Waals surface area contributed by atoms with Gasteiger partial charge >= 0.3 is 0 Å². The molecular weight excluding hydrogens is 230 g/mol. The fourth-order valence-corrected chi connectivity index (χ4v) is 2.64. The molecule has 0 aromatic heterocycles. The number of hydrogen-bond acceptors (Lipinski definition) is 3. The molecule has 2 fully saturated rings. The molecule has 96 valence electrons. The Hall–Kier alpha value is -1.71. The van der Waals surface area contributed by atoms with E-state index in [9.17, 15) is 15.0 Å². The molecule has 2 saturated carbocycles. The summed E-state index contributed by atoms with van der Waals surface area (Å²) in [6.07, 6.45) is 4.97. The summed E-state index contributed by atoms with van der Waals surface area (Å²) < 4.78 is 0. The van der Waals surface area contributed by atoms with Crippen molar-refractivity contribution in [3.8, 4) is 11.5 Å². The second-order valence-corrected chi connectivity index (χ2v) is 5.52. The van der Waals surface area contributed by atoms with E-state index in [0.29, 0.717) is 12.0 Å². The van der Waals surface area contributed by atoms with Gasteiger partial charge in [0.05, 0.1) is 5.56 Å². The molecule has 3 rings (SSSR count). The average molecular weight is 247 g/mol. The lowest BCUT2D eigenvalue weighted by atomic mass is 10.0. The number of hydrogen-bond donors (Lipinski definition) is 3. The van der Waals surface area contributed by atoms with Crippen molar-refractivity contribution in [3.63, 3.8) is 0 Å². The third-order valence-corrected chi connectivity index (χ3v) is 4.16. The van der Waals surface area contributed by atoms with Crippen LogP contribution in [0.1, 0.15) is 36.0 Å². The molecule has 3 N–H and O–H groups in total. The van der Waals surface area contributed by atoms with Crippen LogP contribution >= 0.6 is 0 Å². The van der Waals surface area contributed by atoms with Gasteiger partial charge in [-0.1, -0.05) is 0 Å². The average Bonchev–Trinajstić information content (AvgIpc) is 3.21. The first kappa shape index (κ1) is 11.4. The van der Waals surface area contributed by atoms with Gasteiger partial charge in [-0.15, -0.1) is 0 Å². The predicted molar refractivity (Wildman–Crippen MR) is 66.5 cm³/mol. The zero-order chi connectivity index (χ0) is 12.8. The number of nitrogens with one attached hydrogen (secondary N) is 1. The van der Waals surface area contributed by atoms with Gasteiger partial charge in [-0.3, -0.25) is 4.79 Å². The molecule has 1 aromatic carbocycles. The highest BCUT2D eigenvalue weighted by atomic mass is 16.3. The van der Waals surface area contributed by atoms with E-state index in [1.165, 1.54) is 43.9 Å². The van der Waals surface area contributed by atoms with Crippen LogP contribution in [0.25, 0.3) is 0 Å². The van der Waals surface area contributed by atoms with Crippen molar-refractivity contribution in [2.24, 2.45) is 11.3 Å². The van der Waals surface area contributed by atoms with Crippen LogP contribution in [-0.4, -0.2) is 22.7 Å². The first-order chi connectivity index (χ1) is 8.61. The minimum absolute atomic E-state index is 0.0127. The summed E-state index contributed by atoms with van der Waals surface area (Å²) in [6.45, 7) is 0.686. The molecule has 0 atom stereocenters. The topological polar surface area (TPSA) is 69.6 Å². The summed E-state index contributed by atoms with van der Waals surface area (Å²) in [5, 5.41) is 21.8. The van der Waals surface area contributed by atoms with Crippen molar-refractivity contribution < 1.29 is 15.0 Å². The molecule has 2 aliphatic rings. The molecule has 4 nitrogen and oxygen atoms in total. The molecule has 0 radical (unpaired) electrons. The standard InChI is InChI=1S/C14H17NO3/c16-10-3-4-12(17)11(7-10)13(18)15-8-14(5-6-14)9-1-2-9/h3-4,7,9,16-17H,1-2,5-6,8H2,(H,15,18). The Balaban J connectivity index is 1.65. The predicted octanol–water partition coefficient (Wildman–Crippen LogP) is 2.02. The molecule has 1 aromatic rings. The first-order valence-corrected chi connectivity index (χ1v) is 6.41. The number of benzene rings is 1. The normalized spacial score (nSPS) is 20.4. The highest BCUT2D eigenvalue weighted by Crippen LogP contribution is 2.60. The lowest BCUT2D eigenvalue weighted by molar-refractivity contribution is 0.0939. The van der Waals surface area contributed by atoms with E-state index in [1.807, 2.05) is 0 Å². The van der Waals surface area contributed by atoms with Crippen LogP contribution in [0.5, 0.6) is 11.5 Å². The van der Waals surface area contributed by atoms with Gasteiger partial charge in [0, 0.05) is 6.54 Å². The van der Waals surface area contributed by atoms with Crippen molar-refractivity contribution in [1.82, 2.24) is 5.32 Å². The Labute approximate surface area is 106 Å². The van der Waals surface area contributed by atoms with Crippen LogP contribution < -0.4 is 5.32 Å². The molecule has 1 amide bonds. The quantitative estimate of drug-likeness (QED) is 0.713. The van der Waals surface area contributed by atoms with E-state index in [2.05, 4.69) is 5.32 Å². The molecule has 0 heterocycles. The molecule has 0 saturated heterocycles. The number of carbonyl (C=O) groups is 1. The molecule has 0 spiro atoms. The number of amides is 1. The van der Waals surface area contributed by atoms with E-state index in [4.69, 9.17) is 0 Å². The first-order valence-electron chi connectivity index (χ1n) is 6.41. The summed E-state index contributed by atoms with van der Waals surface area (Å²) in [6, 6.07) is 3.98. The fraction of sp³-hybridized carbons (Fsp3) is 0.500. The second kappa shape index (κ2) is 3.90. The van der Waals surface area contributed by atoms with Gasteiger partial charge < -0.3 is 15.5 Å². The lowest BCUT2D eigenvalue weighted by Gasteiger charge is -2.15. The molecule has 18 heavy (non-hydrogen) atoms. The van der Waals surface area contributed by atoms with Gasteiger partial charge in [0.25, 0.3) is 5.91 Å². The Bertz CT molecular complexity index is 490. The highest BCUT2D eigenvalue weighted by molar-refractivity contribution is 5.97. The molecular formula is C14H17NO3. The van der Waals surface area contributed by atoms with Crippen molar-refractivity contribution in [1.29, 1.82) is 0 Å². The largest absolute Gasteiger partial charge is 0.508 e. The van der Waals surface area contributed by atoms with Crippen molar-refractivity contribution in [2.75, 3.05) is 6.54 Å². The summed E-state index contributed by atoms with van der Waals surface area (Å²) in [5.41, 5.74) is 0.476. The Kier molecular flexibility index (Phi) is 2.47. The van der Waals surface area contributed by atoms with Gasteiger partial charge in [-0.05, 0) is 55.2 Å². The monoisotopic (exact) mass is 247 g/mol. The highest BCUT2D eigenvalue weighted by Gasteiger charge is 2.53. The number of phenolic OH excluding ortho intramolecular Hbond substituents is 2. The maximum atomic E-state index is 12.0. The van der Waals surface area contributed by atoms with Crippen LogP contribution in [0.3, 0.4) is 0 Å². The lowest BCUT2D eigenvalue weighted by Crippen LogP contribution is -2.31. The van der Waals surface area contributed by atoms with E-state index < -0.39 is 0 Å². The number of rotatable bonds is 4. The Morgan fingerprint density at radius 1 is 1.33 bits per heavy atom. The minimum Gasteiger partial charge on any atom is -0.508 e. The maximum absolute atomic E-state index is 12.0. The van der Waals surface area contributed by atoms with E-state index in [1.54, 1.807) is 0 Å². The van der Waals surface area contributed by atoms with E-state index >= 15 is 0 Å². The maximum Gasteiger partial charge on any atom is 0.255 e. The third kappa shape index (κ3) is 2.03. The summed E-state index contributed by atoms with van der Waals surface area (Å²) in [7, 11) is 0. The van der Waals surface area contributed by atoms with Crippen LogP contribution in [0.15, 0.2) is 18.2 Å². The molecule has 0 aliphatic heterocycles. The van der Waals surface area contributed by atoms with Crippen LogP contribution in [0.4, 0.5) is 0 Å². The van der Waals surface area contributed by atoms with Gasteiger partial charge in [-0.25, -0.2) is 0 Å². The summed E-state index contributed by atoms with van der Waals surface area (Å²) in [5.74, 6) is 0.369. The molecule has 0 unspecified atom stereocenters. The van der Waals surface area contributed by atoms with Gasteiger partial charge in [0.15, 0.2) is 0 Å². The SMILES string of the molecule is O=C(NCC1(C2CC2)CC1)c1cc(O)ccc1O. The Morgan fingerprint density at radius 2 is 2.06 bits per heavy atom. The van der Waals surface area contributed by atoms with E-state index in [0.717, 1.165) is 5.92 Å². The van der Waals surface area contributed by atoms with Crippen LogP contribution in [-0.2, 0) is 0 Å². The Morgan fingerprint density at radius 3 is 2.67 bits per heavy atom. The summed E-state index contributed by atoms with van der Waals surface area (Å²) >= 11 is 0. The van der Waals surface area contributed by atoms with Crippen molar-refractivity contribution in [3.05, 3.63) is 23.8 Å². The zero-order valence-corrected chi connectivity index (χ0v) is 10.1. The van der Waals surface area contributed by atoms with Crippen molar-refractivity contribution in [2.45, 2.75) is 25.7 Å². The minimum atomic E-state index is -0.310. The number of carbonyl (C=O) groups excluding carboxylic acids is 1. The smallest absolute Gasteiger partial charge is 0.255 e. The molecule has 2 aliphatic carbocycles. The molecule has 0 bridgehead atoms. The van der Waals surface area contributed by atoms with Gasteiger partial charge in [0.2, 0.25) is 0 Å². The van der Waals surface area contributed by atoms with Crippen molar-refractivity contribution >= 4 is 5.91 Å². The zero-order valence-electron chi connectivity index (χ0n) is 10.1. The number of phenols is 2. The summed E-state index contributed by atoms with van der Waals surface area (Å²) in [4.78, 5) is 12.0. The van der Waals surface area contributed by atoms with Crippen LogP contribution in [0, 0.1) is 11.3 Å². The number of aromatic hydroxyl groups is 2. The van der Waals surface area contributed by atoms with Gasteiger partial charge in [-0.2, -0.15) is 0 Å². The van der Waals surface area contributed by atoms with Crippen LogP contribution in [0.2, 0.25) is 0 Å². The second-order valence-electron chi connectivity index (χ2n) is 5.52.